The number of nitrogens with one attached hydrogen (secondary N) is 1. The Balaban J connectivity index is 1.92. The van der Waals surface area contributed by atoms with Gasteiger partial charge in [-0.05, 0) is 12.5 Å². The van der Waals surface area contributed by atoms with E-state index in [1.54, 1.807) is 0 Å². The first-order valence-corrected chi connectivity index (χ1v) is 6.68. The maximum Gasteiger partial charge on any atom is 0.255 e. The molecule has 7 heteroatoms. The lowest BCUT2D eigenvalue weighted by molar-refractivity contribution is -0.136. The minimum Gasteiger partial charge on any atom is -0.326 e. The normalized spacial score (nSPS) is 21.5. The van der Waals surface area contributed by atoms with Crippen LogP contribution in [0.2, 0.25) is 0 Å². The van der Waals surface area contributed by atoms with E-state index < -0.39 is 17.8 Å². The SMILES string of the molecule is NCc1ccc2c(c1F)CN(C1CCC(=O)NC1=O)C2=O. The zero-order valence-electron chi connectivity index (χ0n) is 11.2. The predicted molar refractivity (Wildman–Crippen MR) is 70.3 cm³/mol. The third-order valence-corrected chi connectivity index (χ3v) is 3.95. The highest BCUT2D eigenvalue weighted by atomic mass is 19.1. The first-order valence-electron chi connectivity index (χ1n) is 6.68. The number of amides is 3. The van der Waals surface area contributed by atoms with Gasteiger partial charge in [0.25, 0.3) is 5.91 Å². The van der Waals surface area contributed by atoms with Crippen LogP contribution in [0.1, 0.15) is 34.3 Å². The molecule has 3 amide bonds. The molecule has 6 nitrogen and oxygen atoms in total. The smallest absolute Gasteiger partial charge is 0.255 e. The summed E-state index contributed by atoms with van der Waals surface area (Å²) in [5.74, 6) is -1.73. The molecular formula is C14H14FN3O3. The Morgan fingerprint density at radius 1 is 1.33 bits per heavy atom. The number of rotatable bonds is 2. The van der Waals surface area contributed by atoms with E-state index >= 15 is 0 Å². The van der Waals surface area contributed by atoms with Crippen molar-refractivity contribution < 1.29 is 18.8 Å². The van der Waals surface area contributed by atoms with E-state index in [9.17, 15) is 18.8 Å². The fourth-order valence-corrected chi connectivity index (χ4v) is 2.81. The van der Waals surface area contributed by atoms with Crippen molar-refractivity contribution in [2.45, 2.75) is 32.0 Å². The summed E-state index contributed by atoms with van der Waals surface area (Å²) in [4.78, 5) is 36.7. The van der Waals surface area contributed by atoms with Crippen LogP contribution in [0.3, 0.4) is 0 Å². The molecule has 1 unspecified atom stereocenters. The number of hydrogen-bond acceptors (Lipinski definition) is 4. The maximum atomic E-state index is 14.2. The summed E-state index contributed by atoms with van der Waals surface area (Å²) in [7, 11) is 0. The third kappa shape index (κ3) is 2.09. The van der Waals surface area contributed by atoms with Crippen molar-refractivity contribution in [2.75, 3.05) is 0 Å². The van der Waals surface area contributed by atoms with Crippen LogP contribution in [0.5, 0.6) is 0 Å². The summed E-state index contributed by atoms with van der Waals surface area (Å²) in [5.41, 5.74) is 6.32. The number of hydrogen-bond donors (Lipinski definition) is 2. The maximum absolute atomic E-state index is 14.2. The van der Waals surface area contributed by atoms with E-state index in [0.717, 1.165) is 0 Å². The number of piperidine rings is 1. The van der Waals surface area contributed by atoms with Crippen molar-refractivity contribution in [1.82, 2.24) is 10.2 Å². The summed E-state index contributed by atoms with van der Waals surface area (Å²) in [6, 6.07) is 2.29. The predicted octanol–water partition coefficient (Wildman–Crippen LogP) is 0.0454. The quantitative estimate of drug-likeness (QED) is 0.753. The van der Waals surface area contributed by atoms with Crippen LogP contribution in [-0.4, -0.2) is 28.7 Å². The molecule has 0 aliphatic carbocycles. The molecule has 2 heterocycles. The van der Waals surface area contributed by atoms with Gasteiger partial charge in [0.15, 0.2) is 0 Å². The molecular weight excluding hydrogens is 277 g/mol. The summed E-state index contributed by atoms with van der Waals surface area (Å²) >= 11 is 0. The Kier molecular flexibility index (Phi) is 3.21. The Morgan fingerprint density at radius 2 is 2.10 bits per heavy atom. The first-order chi connectivity index (χ1) is 10.0. The lowest BCUT2D eigenvalue weighted by atomic mass is 10.0. The second-order valence-electron chi connectivity index (χ2n) is 5.17. The Bertz CT molecular complexity index is 659. The molecule has 1 saturated heterocycles. The van der Waals surface area contributed by atoms with Gasteiger partial charge in [0.05, 0.1) is 6.54 Å². The second-order valence-corrected chi connectivity index (χ2v) is 5.17. The van der Waals surface area contributed by atoms with Gasteiger partial charge in [-0.1, -0.05) is 6.07 Å². The lowest BCUT2D eigenvalue weighted by Crippen LogP contribution is -2.52. The summed E-state index contributed by atoms with van der Waals surface area (Å²) in [6.45, 7) is 0.0752. The molecule has 0 bridgehead atoms. The second kappa shape index (κ2) is 4.92. The van der Waals surface area contributed by atoms with Crippen molar-refractivity contribution in [2.24, 2.45) is 5.73 Å². The van der Waals surface area contributed by atoms with Crippen LogP contribution in [0.4, 0.5) is 4.39 Å². The van der Waals surface area contributed by atoms with E-state index in [0.29, 0.717) is 5.56 Å². The van der Waals surface area contributed by atoms with E-state index in [1.165, 1.54) is 17.0 Å². The molecule has 110 valence electrons. The van der Waals surface area contributed by atoms with E-state index in [4.69, 9.17) is 5.73 Å². The van der Waals surface area contributed by atoms with Gasteiger partial charge < -0.3 is 10.6 Å². The van der Waals surface area contributed by atoms with Crippen molar-refractivity contribution >= 4 is 17.7 Å². The topological polar surface area (TPSA) is 92.5 Å². The van der Waals surface area contributed by atoms with Crippen molar-refractivity contribution in [3.8, 4) is 0 Å². The molecule has 0 spiro atoms. The average Bonchev–Trinajstić information content (AvgIpc) is 2.78. The van der Waals surface area contributed by atoms with Crippen LogP contribution in [0.25, 0.3) is 0 Å². The van der Waals surface area contributed by atoms with Gasteiger partial charge in [0, 0.05) is 29.7 Å². The van der Waals surface area contributed by atoms with Crippen LogP contribution in [0.15, 0.2) is 12.1 Å². The number of nitrogens with two attached hydrogens (primary N) is 1. The molecule has 2 aliphatic rings. The Morgan fingerprint density at radius 3 is 2.76 bits per heavy atom. The molecule has 0 saturated carbocycles. The van der Waals surface area contributed by atoms with Gasteiger partial charge >= 0.3 is 0 Å². The zero-order chi connectivity index (χ0) is 15.1. The highest BCUT2D eigenvalue weighted by Crippen LogP contribution is 2.30. The number of imide groups is 1. The van der Waals surface area contributed by atoms with Gasteiger partial charge in [-0.2, -0.15) is 0 Å². The molecule has 0 aromatic heterocycles. The van der Waals surface area contributed by atoms with E-state index in [2.05, 4.69) is 5.32 Å². The summed E-state index contributed by atoms with van der Waals surface area (Å²) in [6.07, 6.45) is 0.433. The van der Waals surface area contributed by atoms with E-state index in [1.807, 2.05) is 0 Å². The van der Waals surface area contributed by atoms with Crippen molar-refractivity contribution in [3.05, 3.63) is 34.6 Å². The molecule has 2 aliphatic heterocycles. The highest BCUT2D eigenvalue weighted by Gasteiger charge is 2.40. The fourth-order valence-electron chi connectivity index (χ4n) is 2.81. The molecule has 3 N–H and O–H groups in total. The number of fused-ring (bicyclic) bond motifs is 1. The van der Waals surface area contributed by atoms with Gasteiger partial charge in [0.2, 0.25) is 11.8 Å². The minimum absolute atomic E-state index is 0.0279. The molecule has 0 radical (unpaired) electrons. The van der Waals surface area contributed by atoms with Crippen LogP contribution < -0.4 is 11.1 Å². The van der Waals surface area contributed by atoms with Crippen LogP contribution in [-0.2, 0) is 22.7 Å². The number of carbonyl (C=O) groups excluding carboxylic acids is 3. The molecule has 1 fully saturated rings. The molecule has 1 atom stereocenters. The minimum atomic E-state index is -0.733. The van der Waals surface area contributed by atoms with E-state index in [-0.39, 0.29) is 48.9 Å². The van der Waals surface area contributed by atoms with Crippen LogP contribution in [0, 0.1) is 5.82 Å². The monoisotopic (exact) mass is 291 g/mol. The number of benzene rings is 1. The molecule has 3 rings (SSSR count). The Hall–Kier alpha value is -2.28. The molecule has 21 heavy (non-hydrogen) atoms. The van der Waals surface area contributed by atoms with Crippen LogP contribution >= 0.6 is 0 Å². The largest absolute Gasteiger partial charge is 0.326 e. The average molecular weight is 291 g/mol. The fraction of sp³-hybridized carbons (Fsp3) is 0.357. The lowest BCUT2D eigenvalue weighted by Gasteiger charge is -2.29. The standard InChI is InChI=1S/C14H14FN3O3/c15-12-7(5-16)1-2-8-9(12)6-18(14(8)21)10-3-4-11(19)17-13(10)20/h1-2,10H,3-6,16H2,(H,17,19,20). The number of carbonyl (C=O) groups is 3. The number of nitrogens with zero attached hydrogens (tertiary/aromatic N) is 1. The van der Waals surface area contributed by atoms with Gasteiger partial charge in [-0.15, -0.1) is 0 Å². The highest BCUT2D eigenvalue weighted by molar-refractivity contribution is 6.05. The van der Waals surface area contributed by atoms with Gasteiger partial charge in [-0.25, -0.2) is 4.39 Å². The zero-order valence-corrected chi connectivity index (χ0v) is 11.2. The first kappa shape index (κ1) is 13.7. The van der Waals surface area contributed by atoms with Gasteiger partial charge in [-0.3, -0.25) is 19.7 Å². The summed E-state index contributed by atoms with van der Waals surface area (Å²) in [5, 5.41) is 2.21. The third-order valence-electron chi connectivity index (χ3n) is 3.95. The molecule has 1 aromatic rings. The van der Waals surface area contributed by atoms with Crippen molar-refractivity contribution in [1.29, 1.82) is 0 Å². The van der Waals surface area contributed by atoms with Gasteiger partial charge in [0.1, 0.15) is 11.9 Å². The summed E-state index contributed by atoms with van der Waals surface area (Å²) < 4.78 is 14.2. The number of halogens is 1. The Labute approximate surface area is 120 Å². The van der Waals surface area contributed by atoms with Crippen molar-refractivity contribution in [3.63, 3.8) is 0 Å². The molecule has 1 aromatic carbocycles.